The van der Waals surface area contributed by atoms with Crippen molar-refractivity contribution in [3.05, 3.63) is 23.8 Å². The van der Waals surface area contributed by atoms with Gasteiger partial charge >= 0.3 is 12.1 Å². The van der Waals surface area contributed by atoms with Crippen LogP contribution in [0.25, 0.3) is 0 Å². The standard InChI is InChI=1S/C15H21NO6/c1-15(2,3)22-14(19)16-11(13(17)18)9-7-6-8-10(20-4)12(9)21-5/h6-8,11H,1-5H3,(H,16,19)(H,17,18)/t11-/m0/s1. The lowest BCUT2D eigenvalue weighted by molar-refractivity contribution is -0.139. The highest BCUT2D eigenvalue weighted by atomic mass is 16.6. The molecule has 1 amide bonds. The number of aliphatic carboxylic acids is 1. The molecule has 1 rings (SSSR count). The first-order chi connectivity index (χ1) is 10.2. The van der Waals surface area contributed by atoms with Gasteiger partial charge in [0.1, 0.15) is 5.60 Å². The Morgan fingerprint density at radius 2 is 1.82 bits per heavy atom. The Balaban J connectivity index is 3.12. The fourth-order valence-electron chi connectivity index (χ4n) is 1.84. The Morgan fingerprint density at radius 1 is 1.18 bits per heavy atom. The lowest BCUT2D eigenvalue weighted by Crippen LogP contribution is -2.38. The van der Waals surface area contributed by atoms with Crippen LogP contribution in [0.3, 0.4) is 0 Å². The number of rotatable bonds is 5. The molecular formula is C15H21NO6. The van der Waals surface area contributed by atoms with Crippen LogP contribution in [0, 0.1) is 0 Å². The molecule has 1 aromatic rings. The fraction of sp³-hybridized carbons (Fsp3) is 0.467. The molecule has 0 aromatic heterocycles. The summed E-state index contributed by atoms with van der Waals surface area (Å²) >= 11 is 0. The number of amides is 1. The number of carboxylic acid groups (broad SMARTS) is 1. The maximum atomic E-state index is 11.8. The molecule has 1 atom stereocenters. The van der Waals surface area contributed by atoms with E-state index in [1.165, 1.54) is 20.3 Å². The summed E-state index contributed by atoms with van der Waals surface area (Å²) in [5.74, 6) is -0.622. The molecule has 0 unspecified atom stereocenters. The van der Waals surface area contributed by atoms with Crippen LogP contribution >= 0.6 is 0 Å². The number of alkyl carbamates (subject to hydrolysis) is 1. The van der Waals surface area contributed by atoms with Crippen LogP contribution in [0.15, 0.2) is 18.2 Å². The van der Waals surface area contributed by atoms with Crippen molar-refractivity contribution in [1.82, 2.24) is 5.32 Å². The van der Waals surface area contributed by atoms with Gasteiger partial charge in [-0.25, -0.2) is 9.59 Å². The monoisotopic (exact) mass is 311 g/mol. The summed E-state index contributed by atoms with van der Waals surface area (Å²) in [5.41, 5.74) is -0.466. The zero-order chi connectivity index (χ0) is 16.9. The van der Waals surface area contributed by atoms with E-state index in [1.807, 2.05) is 0 Å². The molecule has 2 N–H and O–H groups in total. The Bertz CT molecular complexity index is 549. The number of methoxy groups -OCH3 is 2. The van der Waals surface area contributed by atoms with Crippen LogP contribution < -0.4 is 14.8 Å². The van der Waals surface area contributed by atoms with Gasteiger partial charge in [-0.3, -0.25) is 0 Å². The number of hydrogen-bond donors (Lipinski definition) is 2. The molecule has 0 saturated heterocycles. The second-order valence-corrected chi connectivity index (χ2v) is 5.50. The summed E-state index contributed by atoms with van der Waals surface area (Å²) in [6, 6.07) is 3.47. The van der Waals surface area contributed by atoms with E-state index >= 15 is 0 Å². The average molecular weight is 311 g/mol. The number of para-hydroxylation sites is 1. The molecule has 122 valence electrons. The van der Waals surface area contributed by atoms with Crippen LogP contribution in [-0.2, 0) is 9.53 Å². The van der Waals surface area contributed by atoms with E-state index in [0.29, 0.717) is 5.75 Å². The number of nitrogens with one attached hydrogen (secondary N) is 1. The number of benzene rings is 1. The van der Waals surface area contributed by atoms with Gasteiger partial charge in [-0.15, -0.1) is 0 Å². The number of ether oxygens (including phenoxy) is 3. The van der Waals surface area contributed by atoms with Crippen molar-refractivity contribution in [2.45, 2.75) is 32.4 Å². The summed E-state index contributed by atoms with van der Waals surface area (Å²) in [4.78, 5) is 23.3. The molecule has 0 heterocycles. The minimum Gasteiger partial charge on any atom is -0.493 e. The first-order valence-electron chi connectivity index (χ1n) is 6.62. The second-order valence-electron chi connectivity index (χ2n) is 5.50. The van der Waals surface area contributed by atoms with Gasteiger partial charge in [-0.2, -0.15) is 0 Å². The molecule has 0 radical (unpaired) electrons. The smallest absolute Gasteiger partial charge is 0.408 e. The predicted octanol–water partition coefficient (Wildman–Crippen LogP) is 2.35. The van der Waals surface area contributed by atoms with Crippen LogP contribution in [0.5, 0.6) is 11.5 Å². The fourth-order valence-corrected chi connectivity index (χ4v) is 1.84. The summed E-state index contributed by atoms with van der Waals surface area (Å²) in [6.45, 7) is 5.07. The van der Waals surface area contributed by atoms with Crippen LogP contribution in [0.1, 0.15) is 32.4 Å². The lowest BCUT2D eigenvalue weighted by atomic mass is 10.1. The second kappa shape index (κ2) is 7.02. The Morgan fingerprint density at radius 3 is 2.27 bits per heavy atom. The Kier molecular flexibility index (Phi) is 5.62. The van der Waals surface area contributed by atoms with Gasteiger partial charge < -0.3 is 24.6 Å². The minimum atomic E-state index is -1.32. The highest BCUT2D eigenvalue weighted by molar-refractivity contribution is 5.82. The molecule has 0 aliphatic heterocycles. The van der Waals surface area contributed by atoms with E-state index in [4.69, 9.17) is 14.2 Å². The summed E-state index contributed by atoms with van der Waals surface area (Å²) in [6.07, 6.45) is -0.829. The van der Waals surface area contributed by atoms with Crippen molar-refractivity contribution in [2.75, 3.05) is 14.2 Å². The van der Waals surface area contributed by atoms with E-state index in [9.17, 15) is 14.7 Å². The maximum absolute atomic E-state index is 11.8. The van der Waals surface area contributed by atoms with E-state index in [0.717, 1.165) is 0 Å². The zero-order valence-electron chi connectivity index (χ0n) is 13.3. The third-order valence-corrected chi connectivity index (χ3v) is 2.65. The van der Waals surface area contributed by atoms with Gasteiger partial charge in [0, 0.05) is 5.56 Å². The quantitative estimate of drug-likeness (QED) is 0.867. The Hall–Kier alpha value is -2.44. The predicted molar refractivity (Wildman–Crippen MR) is 79.3 cm³/mol. The van der Waals surface area contributed by atoms with Gasteiger partial charge in [-0.1, -0.05) is 12.1 Å². The molecule has 0 aliphatic rings. The SMILES string of the molecule is COc1cccc([C@H](NC(=O)OC(C)(C)C)C(=O)O)c1OC. The normalized spacial score (nSPS) is 12.2. The van der Waals surface area contributed by atoms with Crippen molar-refractivity contribution < 1.29 is 28.9 Å². The highest BCUT2D eigenvalue weighted by Gasteiger charge is 2.29. The van der Waals surface area contributed by atoms with Crippen molar-refractivity contribution >= 4 is 12.1 Å². The van der Waals surface area contributed by atoms with Gasteiger partial charge in [-0.05, 0) is 26.8 Å². The average Bonchev–Trinajstić information content (AvgIpc) is 2.41. The molecule has 22 heavy (non-hydrogen) atoms. The molecule has 0 bridgehead atoms. The van der Waals surface area contributed by atoms with E-state index in [2.05, 4.69) is 5.32 Å². The van der Waals surface area contributed by atoms with E-state index < -0.39 is 23.7 Å². The third kappa shape index (κ3) is 4.54. The van der Waals surface area contributed by atoms with Crippen molar-refractivity contribution in [2.24, 2.45) is 0 Å². The van der Waals surface area contributed by atoms with Crippen molar-refractivity contribution in [1.29, 1.82) is 0 Å². The molecule has 7 nitrogen and oxygen atoms in total. The molecule has 1 aromatic carbocycles. The van der Waals surface area contributed by atoms with E-state index in [-0.39, 0.29) is 11.3 Å². The van der Waals surface area contributed by atoms with Gasteiger partial charge in [0.25, 0.3) is 0 Å². The first-order valence-corrected chi connectivity index (χ1v) is 6.62. The summed E-state index contributed by atoms with van der Waals surface area (Å²) < 4.78 is 15.4. The third-order valence-electron chi connectivity index (χ3n) is 2.65. The van der Waals surface area contributed by atoms with Crippen molar-refractivity contribution in [3.8, 4) is 11.5 Å². The van der Waals surface area contributed by atoms with Crippen LogP contribution in [-0.4, -0.2) is 37.0 Å². The molecule has 0 saturated carbocycles. The van der Waals surface area contributed by atoms with Gasteiger partial charge in [0.05, 0.1) is 14.2 Å². The summed E-state index contributed by atoms with van der Waals surface area (Å²) in [5, 5.41) is 11.7. The zero-order valence-corrected chi connectivity index (χ0v) is 13.3. The van der Waals surface area contributed by atoms with Crippen molar-refractivity contribution in [3.63, 3.8) is 0 Å². The number of carbonyl (C=O) groups excluding carboxylic acids is 1. The number of carboxylic acids is 1. The largest absolute Gasteiger partial charge is 0.493 e. The number of carbonyl (C=O) groups is 2. The van der Waals surface area contributed by atoms with Gasteiger partial charge in [0.2, 0.25) is 0 Å². The lowest BCUT2D eigenvalue weighted by Gasteiger charge is -2.23. The molecular weight excluding hydrogens is 290 g/mol. The molecule has 0 fully saturated rings. The minimum absolute atomic E-state index is 0.244. The topological polar surface area (TPSA) is 94.1 Å². The molecule has 0 spiro atoms. The maximum Gasteiger partial charge on any atom is 0.408 e. The van der Waals surface area contributed by atoms with Crippen LogP contribution in [0.4, 0.5) is 4.79 Å². The summed E-state index contributed by atoms with van der Waals surface area (Å²) in [7, 11) is 2.84. The Labute approximate surface area is 129 Å². The molecule has 7 heteroatoms. The van der Waals surface area contributed by atoms with Gasteiger partial charge in [0.15, 0.2) is 17.5 Å². The molecule has 0 aliphatic carbocycles. The number of hydrogen-bond acceptors (Lipinski definition) is 5. The first kappa shape index (κ1) is 17.6. The van der Waals surface area contributed by atoms with Crippen LogP contribution in [0.2, 0.25) is 0 Å². The van der Waals surface area contributed by atoms with E-state index in [1.54, 1.807) is 32.9 Å². The highest BCUT2D eigenvalue weighted by Crippen LogP contribution is 2.34.